The van der Waals surface area contributed by atoms with Crippen LogP contribution in [0.25, 0.3) is 0 Å². The number of anilines is 1. The molecule has 0 spiro atoms. The molecule has 76 valence electrons. The van der Waals surface area contributed by atoms with Crippen LogP contribution in [0.4, 0.5) is 14.5 Å². The minimum atomic E-state index is -0.685. The molecule has 0 saturated heterocycles. The first-order valence-corrected chi connectivity index (χ1v) is 4.04. The largest absolute Gasteiger partial charge is 0.399 e. The lowest BCUT2D eigenvalue weighted by molar-refractivity contribution is 0.0947. The highest BCUT2D eigenvalue weighted by molar-refractivity contribution is 5.95. The van der Waals surface area contributed by atoms with Crippen molar-refractivity contribution in [2.45, 2.75) is 0 Å². The minimum absolute atomic E-state index is 0.132. The van der Waals surface area contributed by atoms with Gasteiger partial charge in [0.05, 0.1) is 5.56 Å². The molecule has 0 bridgehead atoms. The Bertz CT molecular complexity index is 342. The number of nitrogens with two attached hydrogens (primary N) is 1. The lowest BCUT2D eigenvalue weighted by Crippen LogP contribution is -2.26. The number of carbonyl (C=O) groups excluding carboxylic acids is 1. The molecular weight excluding hydrogens is 190 g/mol. The van der Waals surface area contributed by atoms with Gasteiger partial charge in [-0.2, -0.15) is 0 Å². The van der Waals surface area contributed by atoms with Crippen molar-refractivity contribution in [3.8, 4) is 0 Å². The summed E-state index contributed by atoms with van der Waals surface area (Å²) in [6.07, 6.45) is 0. The predicted molar refractivity (Wildman–Crippen MR) is 49.1 cm³/mol. The highest BCUT2D eigenvalue weighted by Crippen LogP contribution is 2.11. The van der Waals surface area contributed by atoms with E-state index in [2.05, 4.69) is 5.32 Å². The van der Waals surface area contributed by atoms with E-state index in [1.807, 2.05) is 0 Å². The number of carbonyl (C=O) groups is 1. The van der Waals surface area contributed by atoms with Crippen LogP contribution in [-0.2, 0) is 0 Å². The van der Waals surface area contributed by atoms with Gasteiger partial charge in [0.2, 0.25) is 0 Å². The van der Waals surface area contributed by atoms with Gasteiger partial charge < -0.3 is 11.1 Å². The molecule has 0 aliphatic rings. The molecule has 1 amide bonds. The summed E-state index contributed by atoms with van der Waals surface area (Å²) in [6.45, 7) is -0.817. The summed E-state index contributed by atoms with van der Waals surface area (Å²) in [5, 5.41) is 2.21. The van der Waals surface area contributed by atoms with Crippen molar-refractivity contribution in [2.75, 3.05) is 19.0 Å². The van der Waals surface area contributed by atoms with Crippen LogP contribution in [0, 0.1) is 5.82 Å². The van der Waals surface area contributed by atoms with E-state index in [1.54, 1.807) is 0 Å². The van der Waals surface area contributed by atoms with Crippen LogP contribution in [0.1, 0.15) is 10.4 Å². The first-order valence-electron chi connectivity index (χ1n) is 4.04. The zero-order valence-corrected chi connectivity index (χ0v) is 7.39. The third-order valence-electron chi connectivity index (χ3n) is 1.62. The maximum atomic E-state index is 13.0. The zero-order valence-electron chi connectivity index (χ0n) is 7.39. The number of hydrogen-bond acceptors (Lipinski definition) is 2. The van der Waals surface area contributed by atoms with E-state index in [-0.39, 0.29) is 17.8 Å². The molecule has 0 radical (unpaired) electrons. The third-order valence-corrected chi connectivity index (χ3v) is 1.62. The van der Waals surface area contributed by atoms with Crippen molar-refractivity contribution >= 4 is 11.6 Å². The topological polar surface area (TPSA) is 55.1 Å². The van der Waals surface area contributed by atoms with Gasteiger partial charge in [0, 0.05) is 12.2 Å². The SMILES string of the molecule is Nc1ccc(F)c(C(=O)NCCF)c1. The van der Waals surface area contributed by atoms with Gasteiger partial charge in [-0.25, -0.2) is 8.78 Å². The molecule has 0 heterocycles. The zero-order chi connectivity index (χ0) is 10.6. The first-order chi connectivity index (χ1) is 6.65. The van der Waals surface area contributed by atoms with Gasteiger partial charge in [0.25, 0.3) is 5.91 Å². The van der Waals surface area contributed by atoms with Gasteiger partial charge >= 0.3 is 0 Å². The second-order valence-corrected chi connectivity index (χ2v) is 2.68. The van der Waals surface area contributed by atoms with Crippen molar-refractivity contribution in [1.82, 2.24) is 5.32 Å². The fourth-order valence-electron chi connectivity index (χ4n) is 0.973. The van der Waals surface area contributed by atoms with Crippen molar-refractivity contribution in [1.29, 1.82) is 0 Å². The number of hydrogen-bond donors (Lipinski definition) is 2. The Morgan fingerprint density at radius 3 is 2.86 bits per heavy atom. The van der Waals surface area contributed by atoms with Gasteiger partial charge in [0.1, 0.15) is 12.5 Å². The number of amides is 1. The van der Waals surface area contributed by atoms with Gasteiger partial charge in [-0.05, 0) is 18.2 Å². The van der Waals surface area contributed by atoms with E-state index in [4.69, 9.17) is 5.73 Å². The molecular formula is C9H10F2N2O. The normalized spacial score (nSPS) is 9.86. The van der Waals surface area contributed by atoms with Crippen LogP contribution in [-0.4, -0.2) is 19.1 Å². The molecule has 3 N–H and O–H groups in total. The van der Waals surface area contributed by atoms with Crippen LogP contribution in [0.2, 0.25) is 0 Å². The standard InChI is InChI=1S/C9H10F2N2O/c10-3-4-13-9(14)7-5-6(12)1-2-8(7)11/h1-2,5H,3-4,12H2,(H,13,14). The average molecular weight is 200 g/mol. The van der Waals surface area contributed by atoms with Gasteiger partial charge in [-0.15, -0.1) is 0 Å². The van der Waals surface area contributed by atoms with Crippen LogP contribution < -0.4 is 11.1 Å². The summed E-state index contributed by atoms with van der Waals surface area (Å²) in [5.74, 6) is -1.33. The molecule has 0 saturated carbocycles. The molecule has 0 aliphatic carbocycles. The molecule has 5 heteroatoms. The second kappa shape index (κ2) is 4.55. The molecule has 0 fully saturated rings. The molecule has 1 aromatic carbocycles. The average Bonchev–Trinajstić information content (AvgIpc) is 2.18. The first kappa shape index (κ1) is 10.4. The maximum Gasteiger partial charge on any atom is 0.254 e. The quantitative estimate of drug-likeness (QED) is 0.718. The Morgan fingerprint density at radius 2 is 2.21 bits per heavy atom. The summed E-state index contributed by atoms with van der Waals surface area (Å²) < 4.78 is 24.8. The summed E-state index contributed by atoms with van der Waals surface area (Å²) in [7, 11) is 0. The number of alkyl halides is 1. The molecule has 0 aliphatic heterocycles. The van der Waals surface area contributed by atoms with Crippen molar-refractivity contribution in [2.24, 2.45) is 0 Å². The van der Waals surface area contributed by atoms with E-state index in [1.165, 1.54) is 12.1 Å². The van der Waals surface area contributed by atoms with E-state index < -0.39 is 18.4 Å². The molecule has 3 nitrogen and oxygen atoms in total. The van der Waals surface area contributed by atoms with Crippen LogP contribution in [0.3, 0.4) is 0 Å². The van der Waals surface area contributed by atoms with Crippen LogP contribution in [0.15, 0.2) is 18.2 Å². The molecule has 0 unspecified atom stereocenters. The Hall–Kier alpha value is -1.65. The summed E-state index contributed by atoms with van der Waals surface area (Å²) in [5.41, 5.74) is 5.49. The highest BCUT2D eigenvalue weighted by atomic mass is 19.1. The van der Waals surface area contributed by atoms with E-state index in [0.717, 1.165) is 6.07 Å². The minimum Gasteiger partial charge on any atom is -0.399 e. The fourth-order valence-corrected chi connectivity index (χ4v) is 0.973. The number of nitrogen functional groups attached to an aromatic ring is 1. The second-order valence-electron chi connectivity index (χ2n) is 2.68. The van der Waals surface area contributed by atoms with Crippen molar-refractivity contribution < 1.29 is 13.6 Å². The van der Waals surface area contributed by atoms with Gasteiger partial charge in [-0.3, -0.25) is 4.79 Å². The number of nitrogens with one attached hydrogen (secondary N) is 1. The maximum absolute atomic E-state index is 13.0. The molecule has 1 rings (SSSR count). The number of halogens is 2. The highest BCUT2D eigenvalue weighted by Gasteiger charge is 2.10. The van der Waals surface area contributed by atoms with Gasteiger partial charge in [0.15, 0.2) is 0 Å². The smallest absolute Gasteiger partial charge is 0.254 e. The van der Waals surface area contributed by atoms with Crippen LogP contribution >= 0.6 is 0 Å². The van der Waals surface area contributed by atoms with Crippen molar-refractivity contribution in [3.05, 3.63) is 29.6 Å². The Labute approximate surface area is 79.9 Å². The Kier molecular flexibility index (Phi) is 3.39. The Balaban J connectivity index is 2.83. The lowest BCUT2D eigenvalue weighted by atomic mass is 10.2. The number of rotatable bonds is 3. The van der Waals surface area contributed by atoms with E-state index in [9.17, 15) is 13.6 Å². The molecule has 14 heavy (non-hydrogen) atoms. The fraction of sp³-hybridized carbons (Fsp3) is 0.222. The predicted octanol–water partition coefficient (Wildman–Crippen LogP) is 1.11. The summed E-state index contributed by atoms with van der Waals surface area (Å²) >= 11 is 0. The van der Waals surface area contributed by atoms with E-state index in [0.29, 0.717) is 0 Å². The third kappa shape index (κ3) is 2.42. The van der Waals surface area contributed by atoms with Crippen LogP contribution in [0.5, 0.6) is 0 Å². The molecule has 1 aromatic rings. The summed E-state index contributed by atoms with van der Waals surface area (Å²) in [6, 6.07) is 3.66. The Morgan fingerprint density at radius 1 is 1.50 bits per heavy atom. The van der Waals surface area contributed by atoms with E-state index >= 15 is 0 Å². The number of benzene rings is 1. The van der Waals surface area contributed by atoms with Crippen molar-refractivity contribution in [3.63, 3.8) is 0 Å². The summed E-state index contributed by atoms with van der Waals surface area (Å²) in [4.78, 5) is 11.2. The van der Waals surface area contributed by atoms with Gasteiger partial charge in [-0.1, -0.05) is 0 Å². The monoisotopic (exact) mass is 200 g/mol. The molecule has 0 atom stereocenters. The molecule has 0 aromatic heterocycles. The lowest BCUT2D eigenvalue weighted by Gasteiger charge is -2.04.